The maximum atomic E-state index is 9.20. The fraction of sp³-hybridized carbons (Fsp3) is 0.0952. The molecule has 1 aliphatic heterocycles. The van der Waals surface area contributed by atoms with Gasteiger partial charge in [0.25, 0.3) is 0 Å². The van der Waals surface area contributed by atoms with Crippen LogP contribution in [0.25, 0.3) is 6.08 Å². The molecule has 0 amide bonds. The number of hydrogen-bond acceptors (Lipinski definition) is 4. The third-order valence-corrected chi connectivity index (χ3v) is 4.26. The number of hydrogen-bond donors (Lipinski definition) is 0. The zero-order valence-electron chi connectivity index (χ0n) is 13.6. The lowest BCUT2D eigenvalue weighted by Gasteiger charge is -2.30. The van der Waals surface area contributed by atoms with Gasteiger partial charge in [-0.25, -0.2) is 4.98 Å². The summed E-state index contributed by atoms with van der Waals surface area (Å²) in [5.74, 6) is 0.927. The van der Waals surface area contributed by atoms with E-state index in [4.69, 9.17) is 0 Å². The normalized spacial score (nSPS) is 12.9. The number of benzene rings is 1. The minimum absolute atomic E-state index is 0.653. The molecule has 2 aromatic heterocycles. The van der Waals surface area contributed by atoms with E-state index in [1.165, 1.54) is 11.1 Å². The average molecular weight is 324 g/mol. The van der Waals surface area contributed by atoms with Gasteiger partial charge in [-0.05, 0) is 66.1 Å². The van der Waals surface area contributed by atoms with E-state index >= 15 is 0 Å². The summed E-state index contributed by atoms with van der Waals surface area (Å²) in [6.07, 6.45) is 8.53. The lowest BCUT2D eigenvalue weighted by Crippen LogP contribution is -2.25. The quantitative estimate of drug-likeness (QED) is 0.727. The van der Waals surface area contributed by atoms with Gasteiger partial charge in [0.2, 0.25) is 0 Å². The SMILES string of the molecule is N#Cc1cccc(N2CC(Cc3ccncc3)=Cc3cccnc32)c1. The number of fused-ring (bicyclic) bond motifs is 1. The third kappa shape index (κ3) is 3.13. The van der Waals surface area contributed by atoms with Gasteiger partial charge >= 0.3 is 0 Å². The fourth-order valence-corrected chi connectivity index (χ4v) is 3.12. The van der Waals surface area contributed by atoms with Crippen LogP contribution in [0.15, 0.2) is 72.7 Å². The first-order valence-corrected chi connectivity index (χ1v) is 8.14. The number of rotatable bonds is 3. The van der Waals surface area contributed by atoms with Crippen molar-refractivity contribution in [2.75, 3.05) is 11.4 Å². The Morgan fingerprint density at radius 1 is 1.04 bits per heavy atom. The van der Waals surface area contributed by atoms with Crippen LogP contribution in [0.3, 0.4) is 0 Å². The maximum absolute atomic E-state index is 9.20. The lowest BCUT2D eigenvalue weighted by atomic mass is 9.99. The first kappa shape index (κ1) is 15.1. The van der Waals surface area contributed by atoms with Crippen LogP contribution in [-0.4, -0.2) is 16.5 Å². The Kier molecular flexibility index (Phi) is 3.97. The van der Waals surface area contributed by atoms with E-state index in [2.05, 4.69) is 33.1 Å². The van der Waals surface area contributed by atoms with Crippen molar-refractivity contribution in [3.05, 3.63) is 89.4 Å². The second kappa shape index (κ2) is 6.58. The highest BCUT2D eigenvalue weighted by atomic mass is 15.2. The highest BCUT2D eigenvalue weighted by molar-refractivity contribution is 5.77. The van der Waals surface area contributed by atoms with Crippen LogP contribution in [0.1, 0.15) is 16.7 Å². The van der Waals surface area contributed by atoms with Crippen LogP contribution in [0.4, 0.5) is 11.5 Å². The molecule has 0 saturated heterocycles. The van der Waals surface area contributed by atoms with Crippen molar-refractivity contribution in [3.8, 4) is 6.07 Å². The summed E-state index contributed by atoms with van der Waals surface area (Å²) < 4.78 is 0. The zero-order chi connectivity index (χ0) is 17.1. The van der Waals surface area contributed by atoms with E-state index in [9.17, 15) is 5.26 Å². The standard InChI is InChI=1S/C21H16N4/c22-14-17-3-1-5-20(13-17)25-15-18(11-16-6-9-23-10-7-16)12-19-4-2-8-24-21(19)25/h1-10,12-13H,11,15H2. The van der Waals surface area contributed by atoms with Crippen LogP contribution in [-0.2, 0) is 6.42 Å². The van der Waals surface area contributed by atoms with Gasteiger partial charge in [0, 0.05) is 36.4 Å². The molecule has 25 heavy (non-hydrogen) atoms. The largest absolute Gasteiger partial charge is 0.322 e. The molecule has 0 N–H and O–H groups in total. The van der Waals surface area contributed by atoms with E-state index in [1.54, 1.807) is 0 Å². The van der Waals surface area contributed by atoms with Gasteiger partial charge in [0.1, 0.15) is 5.82 Å². The number of anilines is 2. The van der Waals surface area contributed by atoms with Gasteiger partial charge < -0.3 is 4.90 Å². The highest BCUT2D eigenvalue weighted by Gasteiger charge is 2.20. The molecule has 1 aliphatic rings. The van der Waals surface area contributed by atoms with E-state index in [0.717, 1.165) is 30.0 Å². The van der Waals surface area contributed by atoms with E-state index in [1.807, 2.05) is 61.1 Å². The summed E-state index contributed by atoms with van der Waals surface area (Å²) in [6, 6.07) is 18.0. The van der Waals surface area contributed by atoms with Crippen LogP contribution in [0.5, 0.6) is 0 Å². The second-order valence-electron chi connectivity index (χ2n) is 6.00. The van der Waals surface area contributed by atoms with Gasteiger partial charge in [-0.1, -0.05) is 6.07 Å². The van der Waals surface area contributed by atoms with Gasteiger partial charge in [-0.2, -0.15) is 5.26 Å². The van der Waals surface area contributed by atoms with E-state index < -0.39 is 0 Å². The molecule has 120 valence electrons. The van der Waals surface area contributed by atoms with Crippen molar-refractivity contribution < 1.29 is 0 Å². The summed E-state index contributed by atoms with van der Waals surface area (Å²) >= 11 is 0. The molecule has 4 rings (SSSR count). The Labute approximate surface area is 146 Å². The van der Waals surface area contributed by atoms with E-state index in [-0.39, 0.29) is 0 Å². The molecule has 0 atom stereocenters. The molecule has 0 spiro atoms. The van der Waals surface area contributed by atoms with Crippen molar-refractivity contribution >= 4 is 17.6 Å². The second-order valence-corrected chi connectivity index (χ2v) is 6.00. The zero-order valence-corrected chi connectivity index (χ0v) is 13.6. The monoisotopic (exact) mass is 324 g/mol. The number of nitriles is 1. The van der Waals surface area contributed by atoms with Gasteiger partial charge in [-0.15, -0.1) is 0 Å². The Morgan fingerprint density at radius 2 is 1.92 bits per heavy atom. The summed E-state index contributed by atoms with van der Waals surface area (Å²) in [6.45, 7) is 0.751. The highest BCUT2D eigenvalue weighted by Crippen LogP contribution is 2.34. The lowest BCUT2D eigenvalue weighted by molar-refractivity contribution is 0.946. The Hall–Kier alpha value is -3.45. The smallest absolute Gasteiger partial charge is 0.140 e. The molecule has 3 heterocycles. The molecular formula is C21H16N4. The summed E-state index contributed by atoms with van der Waals surface area (Å²) in [5.41, 5.74) is 5.27. The first-order chi connectivity index (χ1) is 12.3. The topological polar surface area (TPSA) is 52.8 Å². The van der Waals surface area contributed by atoms with Crippen LogP contribution >= 0.6 is 0 Å². The van der Waals surface area contributed by atoms with Crippen molar-refractivity contribution in [2.45, 2.75) is 6.42 Å². The molecule has 4 heteroatoms. The molecule has 0 radical (unpaired) electrons. The fourth-order valence-electron chi connectivity index (χ4n) is 3.12. The minimum atomic E-state index is 0.653. The molecule has 4 nitrogen and oxygen atoms in total. The van der Waals surface area contributed by atoms with Crippen molar-refractivity contribution in [1.29, 1.82) is 5.26 Å². The van der Waals surface area contributed by atoms with Crippen LogP contribution in [0.2, 0.25) is 0 Å². The maximum Gasteiger partial charge on any atom is 0.140 e. The van der Waals surface area contributed by atoms with Crippen molar-refractivity contribution in [3.63, 3.8) is 0 Å². The number of nitrogens with zero attached hydrogens (tertiary/aromatic N) is 4. The predicted octanol–water partition coefficient (Wildman–Crippen LogP) is 4.13. The van der Waals surface area contributed by atoms with Crippen LogP contribution < -0.4 is 4.90 Å². The molecule has 0 fully saturated rings. The first-order valence-electron chi connectivity index (χ1n) is 8.14. The summed E-state index contributed by atoms with van der Waals surface area (Å²) in [4.78, 5) is 10.8. The van der Waals surface area contributed by atoms with Crippen molar-refractivity contribution in [2.24, 2.45) is 0 Å². The number of aromatic nitrogens is 2. The molecule has 0 aliphatic carbocycles. The summed E-state index contributed by atoms with van der Waals surface area (Å²) in [7, 11) is 0. The Bertz CT molecular complexity index is 970. The van der Waals surface area contributed by atoms with E-state index in [0.29, 0.717) is 5.56 Å². The molecular weight excluding hydrogens is 308 g/mol. The molecule has 1 aromatic carbocycles. The van der Waals surface area contributed by atoms with Gasteiger partial charge in [-0.3, -0.25) is 4.98 Å². The van der Waals surface area contributed by atoms with Crippen molar-refractivity contribution in [1.82, 2.24) is 9.97 Å². The third-order valence-electron chi connectivity index (χ3n) is 4.26. The van der Waals surface area contributed by atoms with Gasteiger partial charge in [0.15, 0.2) is 0 Å². The minimum Gasteiger partial charge on any atom is -0.322 e. The summed E-state index contributed by atoms with van der Waals surface area (Å²) in [5, 5.41) is 9.20. The number of pyridine rings is 2. The Morgan fingerprint density at radius 3 is 2.76 bits per heavy atom. The molecule has 0 bridgehead atoms. The van der Waals surface area contributed by atoms with Gasteiger partial charge in [0.05, 0.1) is 11.6 Å². The molecule has 0 unspecified atom stereocenters. The van der Waals surface area contributed by atoms with Crippen LogP contribution in [0, 0.1) is 11.3 Å². The molecule has 3 aromatic rings. The average Bonchev–Trinajstić information content (AvgIpc) is 2.68. The predicted molar refractivity (Wildman–Crippen MR) is 98.3 cm³/mol. The Balaban J connectivity index is 1.73. The molecule has 0 saturated carbocycles.